The van der Waals surface area contributed by atoms with Gasteiger partial charge in [-0.3, -0.25) is 4.18 Å². The zero-order valence-electron chi connectivity index (χ0n) is 29.4. The second-order valence-corrected chi connectivity index (χ2v) is 15.7. The van der Waals surface area contributed by atoms with Crippen LogP contribution in [0.3, 0.4) is 0 Å². The first-order valence-corrected chi connectivity index (χ1v) is 20.5. The van der Waals surface area contributed by atoms with Crippen LogP contribution in [-0.2, 0) is 14.3 Å². The van der Waals surface area contributed by atoms with E-state index in [-0.39, 0.29) is 11.5 Å². The largest absolute Gasteiger partial charge is 0.296 e. The third-order valence-corrected chi connectivity index (χ3v) is 11.3. The van der Waals surface area contributed by atoms with Gasteiger partial charge in [0, 0.05) is 0 Å². The van der Waals surface area contributed by atoms with Gasteiger partial charge in [0.25, 0.3) is 10.1 Å². The van der Waals surface area contributed by atoms with E-state index in [1.165, 1.54) is 141 Å². The van der Waals surface area contributed by atoms with Crippen molar-refractivity contribution in [1.29, 1.82) is 0 Å². The summed E-state index contributed by atoms with van der Waals surface area (Å²) in [6.07, 6.45) is 32.0. The summed E-state index contributed by atoms with van der Waals surface area (Å²) in [5.74, 6) is 0.942. The van der Waals surface area contributed by atoms with Crippen LogP contribution in [0.5, 0.6) is 0 Å². The van der Waals surface area contributed by atoms with Crippen LogP contribution in [0.2, 0.25) is 0 Å². The van der Waals surface area contributed by atoms with E-state index in [0.717, 1.165) is 18.8 Å². The summed E-state index contributed by atoms with van der Waals surface area (Å²) in [5, 5.41) is 0.535. The van der Waals surface area contributed by atoms with Crippen molar-refractivity contribution in [2.24, 2.45) is 5.92 Å². The molecule has 43 heavy (non-hydrogen) atoms. The van der Waals surface area contributed by atoms with Gasteiger partial charge in [-0.05, 0) is 55.3 Å². The van der Waals surface area contributed by atoms with Gasteiger partial charge in [-0.15, -0.1) is 9.24 Å². The first kappa shape index (κ1) is 42.6. The summed E-state index contributed by atoms with van der Waals surface area (Å²) in [7, 11) is -0.223. The predicted molar refractivity (Wildman–Crippen MR) is 195 cm³/mol. The summed E-state index contributed by atoms with van der Waals surface area (Å²) in [5.41, 5.74) is 0. The van der Waals surface area contributed by atoms with Crippen molar-refractivity contribution < 1.29 is 12.6 Å². The maximum absolute atomic E-state index is 11.9. The zero-order valence-corrected chi connectivity index (χ0v) is 31.3. The number of unbranched alkanes of at least 4 members (excludes halogenated alkanes) is 15. The number of benzene rings is 1. The summed E-state index contributed by atoms with van der Waals surface area (Å²) in [4.78, 5) is 0.238. The molecule has 0 spiro atoms. The topological polar surface area (TPSA) is 43.4 Å². The fourth-order valence-electron chi connectivity index (χ4n) is 5.95. The molecule has 0 aliphatic carbocycles. The predicted octanol–water partition coefficient (Wildman–Crippen LogP) is 13.1. The molecule has 0 aromatic heterocycles. The first-order chi connectivity index (χ1) is 20.8. The van der Waals surface area contributed by atoms with Crippen molar-refractivity contribution in [2.45, 2.75) is 199 Å². The third kappa shape index (κ3) is 22.7. The number of rotatable bonds is 28. The summed E-state index contributed by atoms with van der Waals surface area (Å²) in [6.45, 7) is 11.9. The maximum Gasteiger partial charge on any atom is 0.296 e. The molecule has 0 N–H and O–H groups in total. The van der Waals surface area contributed by atoms with Crippen LogP contribution in [0.15, 0.2) is 35.2 Å². The SMILES string of the molecule is CCCCCCC(CCCC)C(P)(CCCC)CCCC.CCCCCCCCCCCCOS(=O)(=O)c1ccccc1. The molecule has 1 rings (SSSR count). The van der Waals surface area contributed by atoms with E-state index in [9.17, 15) is 8.42 Å². The molecule has 0 saturated carbocycles. The molecular weight excluding hydrogens is 567 g/mol. The van der Waals surface area contributed by atoms with E-state index < -0.39 is 10.1 Å². The van der Waals surface area contributed by atoms with Crippen LogP contribution in [0.4, 0.5) is 0 Å². The minimum atomic E-state index is -3.57. The van der Waals surface area contributed by atoms with Crippen LogP contribution in [0.1, 0.15) is 189 Å². The Kier molecular flexibility index (Phi) is 28.7. The smallest absolute Gasteiger partial charge is 0.266 e. The Labute approximate surface area is 272 Å². The van der Waals surface area contributed by atoms with Gasteiger partial charge in [0.15, 0.2) is 0 Å². The molecule has 3 nitrogen and oxygen atoms in total. The van der Waals surface area contributed by atoms with E-state index in [2.05, 4.69) is 43.9 Å². The number of hydrogen-bond donors (Lipinski definition) is 0. The molecule has 0 amide bonds. The van der Waals surface area contributed by atoms with Crippen molar-refractivity contribution in [3.05, 3.63) is 30.3 Å². The third-order valence-electron chi connectivity index (χ3n) is 8.89. The minimum absolute atomic E-state index is 0.238. The zero-order chi connectivity index (χ0) is 32.1. The van der Waals surface area contributed by atoms with Gasteiger partial charge in [-0.25, -0.2) is 0 Å². The molecule has 0 fully saturated rings. The monoisotopic (exact) mass is 641 g/mol. The normalized spacial score (nSPS) is 12.6. The Morgan fingerprint density at radius 3 is 1.49 bits per heavy atom. The second-order valence-electron chi connectivity index (χ2n) is 12.9. The van der Waals surface area contributed by atoms with Crippen molar-refractivity contribution in [2.75, 3.05) is 6.61 Å². The lowest BCUT2D eigenvalue weighted by Crippen LogP contribution is -2.32. The Hall–Kier alpha value is -0.440. The van der Waals surface area contributed by atoms with Crippen LogP contribution < -0.4 is 0 Å². The van der Waals surface area contributed by atoms with E-state index >= 15 is 0 Å². The Bertz CT molecular complexity index is 804. The van der Waals surface area contributed by atoms with Crippen molar-refractivity contribution >= 4 is 19.4 Å². The maximum atomic E-state index is 11.9. The lowest BCUT2D eigenvalue weighted by Gasteiger charge is -2.39. The van der Waals surface area contributed by atoms with E-state index in [1.807, 2.05) is 0 Å². The fourth-order valence-corrected chi connectivity index (χ4v) is 7.65. The highest BCUT2D eigenvalue weighted by Gasteiger charge is 2.32. The van der Waals surface area contributed by atoms with Gasteiger partial charge in [0.05, 0.1) is 11.5 Å². The van der Waals surface area contributed by atoms with Crippen molar-refractivity contribution in [3.63, 3.8) is 0 Å². The summed E-state index contributed by atoms with van der Waals surface area (Å²) >= 11 is 0. The summed E-state index contributed by atoms with van der Waals surface area (Å²) < 4.78 is 28.8. The fraction of sp³-hybridized carbons (Fsp3) is 0.842. The molecule has 0 saturated heterocycles. The van der Waals surface area contributed by atoms with Gasteiger partial charge in [-0.1, -0.05) is 175 Å². The van der Waals surface area contributed by atoms with E-state index in [1.54, 1.807) is 30.3 Å². The lowest BCUT2D eigenvalue weighted by atomic mass is 9.77. The first-order valence-electron chi connectivity index (χ1n) is 18.5. The van der Waals surface area contributed by atoms with Crippen LogP contribution in [-0.4, -0.2) is 20.2 Å². The molecule has 2 atom stereocenters. The Morgan fingerprint density at radius 1 is 0.581 bits per heavy atom. The molecule has 0 heterocycles. The van der Waals surface area contributed by atoms with Gasteiger partial charge >= 0.3 is 0 Å². The van der Waals surface area contributed by atoms with Crippen molar-refractivity contribution in [3.8, 4) is 0 Å². The van der Waals surface area contributed by atoms with Crippen LogP contribution in [0, 0.1) is 5.92 Å². The Morgan fingerprint density at radius 2 is 1.00 bits per heavy atom. The minimum Gasteiger partial charge on any atom is -0.266 e. The molecule has 254 valence electrons. The molecule has 1 aromatic rings. The highest BCUT2D eigenvalue weighted by atomic mass is 32.2. The average molecular weight is 641 g/mol. The highest BCUT2D eigenvalue weighted by molar-refractivity contribution is 7.86. The summed E-state index contributed by atoms with van der Waals surface area (Å²) in [6, 6.07) is 8.33. The molecule has 0 radical (unpaired) electrons. The molecule has 1 aromatic carbocycles. The average Bonchev–Trinajstić information content (AvgIpc) is 3.02. The molecule has 2 unspecified atom stereocenters. The second kappa shape index (κ2) is 29.0. The van der Waals surface area contributed by atoms with Gasteiger partial charge < -0.3 is 0 Å². The van der Waals surface area contributed by atoms with Crippen molar-refractivity contribution in [1.82, 2.24) is 0 Å². The Balaban J connectivity index is 0.000000822. The standard InChI is InChI=1S/C20H43P.C18H30O3S/c1-5-9-13-14-16-19(15-10-6-2)20(21,17-11-7-3)18-12-8-4;1-2-3-4-5-6-7-8-9-10-14-17-21-22(19,20)18-15-12-11-13-16-18/h19H,5-18,21H2,1-4H3;11-13,15-16H,2-10,14,17H2,1H3. The van der Waals surface area contributed by atoms with Gasteiger partial charge in [0.2, 0.25) is 0 Å². The van der Waals surface area contributed by atoms with Crippen LogP contribution in [0.25, 0.3) is 0 Å². The molecule has 5 heteroatoms. The van der Waals surface area contributed by atoms with Gasteiger partial charge in [0.1, 0.15) is 0 Å². The quantitative estimate of drug-likeness (QED) is 0.0520. The highest BCUT2D eigenvalue weighted by Crippen LogP contribution is 2.43. The van der Waals surface area contributed by atoms with Gasteiger partial charge in [-0.2, -0.15) is 8.42 Å². The van der Waals surface area contributed by atoms with E-state index in [4.69, 9.17) is 4.18 Å². The van der Waals surface area contributed by atoms with E-state index in [0.29, 0.717) is 5.16 Å². The molecule has 0 aliphatic rings. The molecule has 0 aliphatic heterocycles. The lowest BCUT2D eigenvalue weighted by molar-refractivity contribution is 0.275. The number of hydrogen-bond acceptors (Lipinski definition) is 3. The molecular formula is C38H73O3PS. The molecule has 0 bridgehead atoms. The van der Waals surface area contributed by atoms with Crippen LogP contribution >= 0.6 is 9.24 Å².